The first-order valence-corrected chi connectivity index (χ1v) is 16.7. The average Bonchev–Trinajstić information content (AvgIpc) is 3.55. The third kappa shape index (κ3) is 6.17. The Morgan fingerprint density at radius 2 is 1.52 bits per heavy atom. The van der Waals surface area contributed by atoms with Gasteiger partial charge in [-0.3, -0.25) is 14.5 Å². The molecule has 248 valence electrons. The lowest BCUT2D eigenvalue weighted by Crippen LogP contribution is -2.48. The molecule has 0 aromatic heterocycles. The lowest BCUT2D eigenvalue weighted by Gasteiger charge is -2.37. The molecule has 1 N–H and O–H groups in total. The Hall–Kier alpha value is -4.34. The van der Waals surface area contributed by atoms with Crippen LogP contribution < -0.4 is 10.2 Å². The van der Waals surface area contributed by atoms with Crippen molar-refractivity contribution in [2.75, 3.05) is 44.2 Å². The number of nitrogens with zero attached hydrogens (tertiary/aromatic N) is 3. The van der Waals surface area contributed by atoms with E-state index in [0.29, 0.717) is 37.5 Å². The lowest BCUT2D eigenvalue weighted by atomic mass is 9.73. The van der Waals surface area contributed by atoms with Gasteiger partial charge in [-0.25, -0.2) is 0 Å². The summed E-state index contributed by atoms with van der Waals surface area (Å²) in [5.74, 6) is -0.590. The number of fused-ring (bicyclic) bond motifs is 4. The summed E-state index contributed by atoms with van der Waals surface area (Å²) in [6.45, 7) is 3.58. The molecular formula is C38H36ClF3N4O2. The molecule has 1 aliphatic carbocycles. The van der Waals surface area contributed by atoms with E-state index in [9.17, 15) is 22.8 Å². The van der Waals surface area contributed by atoms with Crippen LogP contribution in [0, 0.1) is 0 Å². The average molecular weight is 673 g/mol. The van der Waals surface area contributed by atoms with Gasteiger partial charge in [-0.15, -0.1) is 0 Å². The molecule has 4 aromatic rings. The van der Waals surface area contributed by atoms with Crippen LogP contribution in [-0.2, 0) is 23.3 Å². The van der Waals surface area contributed by atoms with Gasteiger partial charge in [0.25, 0.3) is 5.91 Å². The Morgan fingerprint density at radius 1 is 0.833 bits per heavy atom. The van der Waals surface area contributed by atoms with Gasteiger partial charge in [-0.05, 0) is 77.0 Å². The fourth-order valence-electron chi connectivity index (χ4n) is 7.61. The van der Waals surface area contributed by atoms with Crippen molar-refractivity contribution in [3.8, 4) is 11.1 Å². The van der Waals surface area contributed by atoms with Crippen molar-refractivity contribution in [3.63, 3.8) is 0 Å². The zero-order chi connectivity index (χ0) is 33.5. The maximum atomic E-state index is 13.8. The first-order chi connectivity index (χ1) is 23.1. The molecule has 4 aromatic carbocycles. The van der Waals surface area contributed by atoms with Gasteiger partial charge in [0.1, 0.15) is 12.0 Å². The number of halogens is 4. The van der Waals surface area contributed by atoms with Crippen LogP contribution in [0.2, 0.25) is 5.02 Å². The first kappa shape index (κ1) is 32.2. The van der Waals surface area contributed by atoms with E-state index in [4.69, 9.17) is 11.6 Å². The summed E-state index contributed by atoms with van der Waals surface area (Å²) in [6.07, 6.45) is -3.47. The number of amides is 2. The third-order valence-electron chi connectivity index (χ3n) is 9.90. The fourth-order valence-corrected chi connectivity index (χ4v) is 7.82. The van der Waals surface area contributed by atoms with E-state index in [1.54, 1.807) is 0 Å². The van der Waals surface area contributed by atoms with Crippen LogP contribution in [0.3, 0.4) is 0 Å². The van der Waals surface area contributed by atoms with Crippen molar-refractivity contribution >= 4 is 29.1 Å². The molecule has 1 fully saturated rings. The molecule has 2 heterocycles. The smallest absolute Gasteiger partial charge is 0.369 e. The highest BCUT2D eigenvalue weighted by Gasteiger charge is 2.49. The molecule has 6 nitrogen and oxygen atoms in total. The predicted molar refractivity (Wildman–Crippen MR) is 181 cm³/mol. The van der Waals surface area contributed by atoms with Gasteiger partial charge in [0.05, 0.1) is 0 Å². The van der Waals surface area contributed by atoms with Crippen LogP contribution in [0.4, 0.5) is 18.9 Å². The molecular weight excluding hydrogens is 637 g/mol. The summed E-state index contributed by atoms with van der Waals surface area (Å²) in [7, 11) is 0. The summed E-state index contributed by atoms with van der Waals surface area (Å²) >= 11 is 6.15. The summed E-state index contributed by atoms with van der Waals surface area (Å²) in [4.78, 5) is 33.6. The Labute approximate surface area is 283 Å². The van der Waals surface area contributed by atoms with Crippen LogP contribution in [0.15, 0.2) is 91.0 Å². The third-order valence-corrected chi connectivity index (χ3v) is 10.1. The number of anilines is 1. The molecule has 2 aliphatic heterocycles. The minimum atomic E-state index is -4.50. The minimum absolute atomic E-state index is 0.0220. The molecule has 0 bridgehead atoms. The molecule has 0 radical (unpaired) electrons. The first-order valence-electron chi connectivity index (χ1n) is 16.3. The van der Waals surface area contributed by atoms with Crippen molar-refractivity contribution in [2.24, 2.45) is 0 Å². The van der Waals surface area contributed by atoms with E-state index in [2.05, 4.69) is 21.2 Å². The molecule has 0 atom stereocenters. The van der Waals surface area contributed by atoms with E-state index in [0.717, 1.165) is 70.8 Å². The van der Waals surface area contributed by atoms with Gasteiger partial charge >= 0.3 is 6.18 Å². The van der Waals surface area contributed by atoms with Crippen LogP contribution in [-0.4, -0.2) is 67.1 Å². The van der Waals surface area contributed by atoms with E-state index < -0.39 is 24.0 Å². The maximum Gasteiger partial charge on any atom is 0.405 e. The molecule has 3 aliphatic rings. The number of alkyl halides is 3. The molecule has 7 rings (SSSR count). The van der Waals surface area contributed by atoms with Crippen LogP contribution in [0.25, 0.3) is 11.1 Å². The Kier molecular flexibility index (Phi) is 8.68. The molecule has 0 saturated carbocycles. The van der Waals surface area contributed by atoms with Gasteiger partial charge in [-0.2, -0.15) is 13.2 Å². The fraction of sp³-hybridized carbons (Fsp3) is 0.316. The van der Waals surface area contributed by atoms with Crippen molar-refractivity contribution in [1.82, 2.24) is 15.1 Å². The number of piperazine rings is 1. The molecule has 10 heteroatoms. The van der Waals surface area contributed by atoms with Gasteiger partial charge in [0, 0.05) is 55.5 Å². The number of benzene rings is 4. The number of rotatable bonds is 9. The maximum absolute atomic E-state index is 13.8. The largest absolute Gasteiger partial charge is 0.405 e. The van der Waals surface area contributed by atoms with Crippen LogP contribution >= 0.6 is 11.6 Å². The number of carbonyl (C=O) groups excluding carboxylic acids is 2. The monoisotopic (exact) mass is 672 g/mol. The second kappa shape index (κ2) is 12.9. The zero-order valence-electron chi connectivity index (χ0n) is 26.4. The summed E-state index contributed by atoms with van der Waals surface area (Å²) in [5.41, 5.74) is 5.88. The predicted octanol–water partition coefficient (Wildman–Crippen LogP) is 7.04. The number of hydrogen-bond donors (Lipinski definition) is 1. The second-order valence-electron chi connectivity index (χ2n) is 12.9. The van der Waals surface area contributed by atoms with E-state index in [-0.39, 0.29) is 5.91 Å². The minimum Gasteiger partial charge on any atom is -0.369 e. The van der Waals surface area contributed by atoms with Gasteiger partial charge < -0.3 is 15.1 Å². The number of carbonyl (C=O) groups is 2. The highest BCUT2D eigenvalue weighted by molar-refractivity contribution is 6.30. The summed E-state index contributed by atoms with van der Waals surface area (Å²) in [5, 5.41) is 2.87. The zero-order valence-corrected chi connectivity index (χ0v) is 27.2. The van der Waals surface area contributed by atoms with Crippen LogP contribution in [0.5, 0.6) is 0 Å². The molecule has 48 heavy (non-hydrogen) atoms. The highest BCUT2D eigenvalue weighted by atomic mass is 35.5. The van der Waals surface area contributed by atoms with Crippen molar-refractivity contribution in [2.45, 2.75) is 37.5 Å². The number of nitrogens with one attached hydrogen (secondary N) is 1. The highest BCUT2D eigenvalue weighted by Crippen LogP contribution is 2.51. The SMILES string of the molecule is O=C1c2cc(N3CCN(CCCC4(C(=O)NCC(F)(F)F)c5ccccc5-c5ccccc54)CC3)ccc2CN1Cc1cccc(Cl)c1. The Balaban J connectivity index is 1.00. The second-order valence-corrected chi connectivity index (χ2v) is 13.3. The quantitative estimate of drug-likeness (QED) is 0.207. The van der Waals surface area contributed by atoms with Crippen molar-refractivity contribution in [3.05, 3.63) is 124 Å². The van der Waals surface area contributed by atoms with Crippen LogP contribution in [0.1, 0.15) is 45.5 Å². The number of hydrogen-bond acceptors (Lipinski definition) is 4. The lowest BCUT2D eigenvalue weighted by molar-refractivity contribution is -0.141. The summed E-state index contributed by atoms with van der Waals surface area (Å²) in [6, 6.07) is 28.8. The van der Waals surface area contributed by atoms with Gasteiger partial charge in [-0.1, -0.05) is 78.3 Å². The van der Waals surface area contributed by atoms with Crippen molar-refractivity contribution in [1.29, 1.82) is 0 Å². The van der Waals surface area contributed by atoms with Gasteiger partial charge in [0.2, 0.25) is 5.91 Å². The molecule has 0 spiro atoms. The molecule has 1 saturated heterocycles. The molecule has 0 unspecified atom stereocenters. The Morgan fingerprint density at radius 3 is 2.19 bits per heavy atom. The molecule has 2 amide bonds. The van der Waals surface area contributed by atoms with E-state index in [1.807, 2.05) is 89.8 Å². The van der Waals surface area contributed by atoms with E-state index in [1.165, 1.54) is 0 Å². The van der Waals surface area contributed by atoms with Gasteiger partial charge in [0.15, 0.2) is 0 Å². The summed E-state index contributed by atoms with van der Waals surface area (Å²) < 4.78 is 39.6. The van der Waals surface area contributed by atoms with Crippen molar-refractivity contribution < 1.29 is 22.8 Å². The topological polar surface area (TPSA) is 55.9 Å². The van der Waals surface area contributed by atoms with E-state index >= 15 is 0 Å². The Bertz CT molecular complexity index is 1810. The normalized spacial score (nSPS) is 16.9. The standard InChI is InChI=1S/C38H36ClF3N4O2/c39-28-8-5-7-26(21-28)23-46-24-27-13-14-29(22-32(27)35(46)47)45-19-17-44(18-20-45)16-6-15-37(36(48)43-25-38(40,41)42)33-11-3-1-9-30(33)31-10-2-4-12-34(31)37/h1-5,7-14,21-22H,6,15-20,23-25H2,(H,43,48).